The van der Waals surface area contributed by atoms with Crippen molar-refractivity contribution in [3.8, 4) is 0 Å². The largest absolute Gasteiger partial charge is 0.323 e. The van der Waals surface area contributed by atoms with E-state index in [4.69, 9.17) is 4.98 Å². The molecule has 0 saturated heterocycles. The van der Waals surface area contributed by atoms with Crippen LogP contribution in [0, 0.1) is 5.82 Å². The number of hydrogen-bond donors (Lipinski definition) is 0. The standard InChI is InChI=1S/C19H21FN2/c1-2-3-4-9-19-21-17-7-5-6-8-18(17)22(19)14-15-10-12-16(20)13-11-15/h5-8,10-13H,2-4,9,14H2,1H3. The smallest absolute Gasteiger partial charge is 0.123 e. The van der Waals surface area contributed by atoms with E-state index in [1.54, 1.807) is 0 Å². The Morgan fingerprint density at radius 1 is 1.00 bits per heavy atom. The van der Waals surface area contributed by atoms with E-state index < -0.39 is 0 Å². The molecule has 1 aromatic heterocycles. The van der Waals surface area contributed by atoms with E-state index in [-0.39, 0.29) is 5.82 Å². The molecule has 0 atom stereocenters. The van der Waals surface area contributed by atoms with Gasteiger partial charge >= 0.3 is 0 Å². The Hall–Kier alpha value is -2.16. The second kappa shape index (κ2) is 6.73. The van der Waals surface area contributed by atoms with Gasteiger partial charge < -0.3 is 4.57 Å². The number of aryl methyl sites for hydroxylation is 1. The zero-order valence-electron chi connectivity index (χ0n) is 12.9. The highest BCUT2D eigenvalue weighted by Crippen LogP contribution is 2.19. The number of imidazole rings is 1. The number of unbranched alkanes of at least 4 members (excludes halogenated alkanes) is 2. The third kappa shape index (κ3) is 3.19. The van der Waals surface area contributed by atoms with Crippen LogP contribution >= 0.6 is 0 Å². The lowest BCUT2D eigenvalue weighted by molar-refractivity contribution is 0.625. The fourth-order valence-electron chi connectivity index (χ4n) is 2.80. The molecule has 0 N–H and O–H groups in total. The highest BCUT2D eigenvalue weighted by atomic mass is 19.1. The first kappa shape index (κ1) is 14.8. The molecule has 2 nitrogen and oxygen atoms in total. The molecule has 114 valence electrons. The second-order valence-electron chi connectivity index (χ2n) is 5.69. The van der Waals surface area contributed by atoms with Gasteiger partial charge in [-0.1, -0.05) is 44.0 Å². The van der Waals surface area contributed by atoms with Crippen LogP contribution in [0.4, 0.5) is 4.39 Å². The van der Waals surface area contributed by atoms with Gasteiger partial charge in [-0.05, 0) is 36.2 Å². The first-order valence-corrected chi connectivity index (χ1v) is 7.96. The van der Waals surface area contributed by atoms with E-state index in [1.807, 2.05) is 24.3 Å². The summed E-state index contributed by atoms with van der Waals surface area (Å²) in [5.41, 5.74) is 3.29. The molecular weight excluding hydrogens is 275 g/mol. The second-order valence-corrected chi connectivity index (χ2v) is 5.69. The van der Waals surface area contributed by atoms with Crippen LogP contribution in [0.25, 0.3) is 11.0 Å². The Bertz CT molecular complexity index is 744. The topological polar surface area (TPSA) is 17.8 Å². The molecule has 0 spiro atoms. The van der Waals surface area contributed by atoms with Crippen LogP contribution in [0.2, 0.25) is 0 Å². The number of nitrogens with zero attached hydrogens (tertiary/aromatic N) is 2. The predicted octanol–water partition coefficient (Wildman–Crippen LogP) is 4.96. The maximum Gasteiger partial charge on any atom is 0.123 e. The van der Waals surface area contributed by atoms with E-state index in [1.165, 1.54) is 25.0 Å². The van der Waals surface area contributed by atoms with Gasteiger partial charge in [-0.2, -0.15) is 0 Å². The quantitative estimate of drug-likeness (QED) is 0.588. The van der Waals surface area contributed by atoms with E-state index in [0.29, 0.717) is 0 Å². The number of aromatic nitrogens is 2. The van der Waals surface area contributed by atoms with Crippen LogP contribution in [0.5, 0.6) is 0 Å². The normalized spacial score (nSPS) is 11.2. The van der Waals surface area contributed by atoms with Gasteiger partial charge in [-0.3, -0.25) is 0 Å². The number of benzene rings is 2. The van der Waals surface area contributed by atoms with Crippen LogP contribution in [-0.4, -0.2) is 9.55 Å². The average Bonchev–Trinajstić information content (AvgIpc) is 2.88. The minimum Gasteiger partial charge on any atom is -0.323 e. The molecule has 0 aliphatic heterocycles. The molecule has 22 heavy (non-hydrogen) atoms. The molecule has 3 aromatic rings. The fraction of sp³-hybridized carbons (Fsp3) is 0.316. The van der Waals surface area contributed by atoms with Crippen LogP contribution in [-0.2, 0) is 13.0 Å². The molecule has 2 aromatic carbocycles. The van der Waals surface area contributed by atoms with Crippen LogP contribution in [0.1, 0.15) is 37.6 Å². The van der Waals surface area contributed by atoms with E-state index >= 15 is 0 Å². The van der Waals surface area contributed by atoms with E-state index in [0.717, 1.165) is 41.8 Å². The van der Waals surface area contributed by atoms with Crippen LogP contribution in [0.3, 0.4) is 0 Å². The van der Waals surface area contributed by atoms with Crippen molar-refractivity contribution in [2.75, 3.05) is 0 Å². The van der Waals surface area contributed by atoms with Gasteiger partial charge in [0.25, 0.3) is 0 Å². The molecule has 0 fully saturated rings. The maximum absolute atomic E-state index is 13.1. The average molecular weight is 296 g/mol. The minimum atomic E-state index is -0.192. The van der Waals surface area contributed by atoms with Gasteiger partial charge in [-0.15, -0.1) is 0 Å². The van der Waals surface area contributed by atoms with Gasteiger partial charge in [0.05, 0.1) is 11.0 Å². The maximum atomic E-state index is 13.1. The van der Waals surface area contributed by atoms with Gasteiger partial charge in [0.15, 0.2) is 0 Å². The zero-order valence-corrected chi connectivity index (χ0v) is 12.9. The molecule has 0 unspecified atom stereocenters. The first-order valence-electron chi connectivity index (χ1n) is 7.96. The summed E-state index contributed by atoms with van der Waals surface area (Å²) in [6.45, 7) is 2.95. The Morgan fingerprint density at radius 3 is 2.55 bits per heavy atom. The summed E-state index contributed by atoms with van der Waals surface area (Å²) in [5, 5.41) is 0. The molecule has 0 amide bonds. The summed E-state index contributed by atoms with van der Waals surface area (Å²) in [6.07, 6.45) is 4.57. The molecule has 3 rings (SSSR count). The summed E-state index contributed by atoms with van der Waals surface area (Å²) in [6, 6.07) is 15.0. The van der Waals surface area contributed by atoms with Crippen molar-refractivity contribution in [2.24, 2.45) is 0 Å². The van der Waals surface area contributed by atoms with Crippen molar-refractivity contribution in [1.29, 1.82) is 0 Å². The Morgan fingerprint density at radius 2 is 1.77 bits per heavy atom. The number of para-hydroxylation sites is 2. The van der Waals surface area contributed by atoms with Gasteiger partial charge in [0.1, 0.15) is 11.6 Å². The number of fused-ring (bicyclic) bond motifs is 1. The molecular formula is C19H21FN2. The molecule has 3 heteroatoms. The summed E-state index contributed by atoms with van der Waals surface area (Å²) in [7, 11) is 0. The molecule has 0 bridgehead atoms. The lowest BCUT2D eigenvalue weighted by atomic mass is 10.2. The molecule has 0 aliphatic carbocycles. The van der Waals surface area contributed by atoms with Crippen molar-refractivity contribution in [1.82, 2.24) is 9.55 Å². The Labute approximate surface area is 130 Å². The summed E-state index contributed by atoms with van der Waals surface area (Å²) < 4.78 is 15.3. The van der Waals surface area contributed by atoms with Crippen LogP contribution in [0.15, 0.2) is 48.5 Å². The van der Waals surface area contributed by atoms with E-state index in [2.05, 4.69) is 23.6 Å². The molecule has 1 heterocycles. The van der Waals surface area contributed by atoms with Crippen molar-refractivity contribution in [2.45, 2.75) is 39.2 Å². The molecule has 0 saturated carbocycles. The zero-order chi connectivity index (χ0) is 15.4. The monoisotopic (exact) mass is 296 g/mol. The number of halogens is 1. The molecule has 0 aliphatic rings. The van der Waals surface area contributed by atoms with Crippen molar-refractivity contribution >= 4 is 11.0 Å². The minimum absolute atomic E-state index is 0.192. The summed E-state index contributed by atoms with van der Waals surface area (Å²) >= 11 is 0. The first-order chi connectivity index (χ1) is 10.8. The van der Waals surface area contributed by atoms with Gasteiger partial charge in [0, 0.05) is 13.0 Å². The summed E-state index contributed by atoms with van der Waals surface area (Å²) in [5.74, 6) is 0.932. The predicted molar refractivity (Wildman–Crippen MR) is 88.5 cm³/mol. The van der Waals surface area contributed by atoms with Gasteiger partial charge in [0.2, 0.25) is 0 Å². The van der Waals surface area contributed by atoms with E-state index in [9.17, 15) is 4.39 Å². The van der Waals surface area contributed by atoms with Crippen molar-refractivity contribution < 1.29 is 4.39 Å². The SMILES string of the molecule is CCCCCc1nc2ccccc2n1Cc1ccc(F)cc1. The third-order valence-corrected chi connectivity index (χ3v) is 3.99. The molecule has 0 radical (unpaired) electrons. The fourth-order valence-corrected chi connectivity index (χ4v) is 2.80. The highest BCUT2D eigenvalue weighted by molar-refractivity contribution is 5.76. The van der Waals surface area contributed by atoms with Crippen molar-refractivity contribution in [3.63, 3.8) is 0 Å². The highest BCUT2D eigenvalue weighted by Gasteiger charge is 2.10. The Balaban J connectivity index is 1.94. The Kier molecular flexibility index (Phi) is 4.52. The van der Waals surface area contributed by atoms with Crippen LogP contribution < -0.4 is 0 Å². The summed E-state index contributed by atoms with van der Waals surface area (Å²) in [4.78, 5) is 4.79. The lowest BCUT2D eigenvalue weighted by Crippen LogP contribution is -2.05. The number of hydrogen-bond acceptors (Lipinski definition) is 1. The van der Waals surface area contributed by atoms with Crippen molar-refractivity contribution in [3.05, 3.63) is 65.7 Å². The van der Waals surface area contributed by atoms with Gasteiger partial charge in [-0.25, -0.2) is 9.37 Å². The number of rotatable bonds is 6. The third-order valence-electron chi connectivity index (χ3n) is 3.99. The lowest BCUT2D eigenvalue weighted by Gasteiger charge is -2.09.